The Morgan fingerprint density at radius 1 is 1.04 bits per heavy atom. The summed E-state index contributed by atoms with van der Waals surface area (Å²) < 4.78 is 16.5. The van der Waals surface area contributed by atoms with Crippen molar-refractivity contribution in [2.45, 2.75) is 6.17 Å². The highest BCUT2D eigenvalue weighted by Gasteiger charge is 2.35. The Morgan fingerprint density at radius 3 is 2.50 bits per heavy atom. The van der Waals surface area contributed by atoms with E-state index in [4.69, 9.17) is 30.8 Å². The Labute approximate surface area is 157 Å². The number of aliphatic imine (C=N–C) groups is 1. The van der Waals surface area contributed by atoms with Crippen LogP contribution >= 0.6 is 11.6 Å². The van der Waals surface area contributed by atoms with Crippen LogP contribution in [0.2, 0.25) is 5.02 Å². The normalized spacial score (nSPS) is 17.8. The van der Waals surface area contributed by atoms with Crippen molar-refractivity contribution in [2.24, 2.45) is 4.99 Å². The Balaban J connectivity index is 1.84. The van der Waals surface area contributed by atoms with Gasteiger partial charge in [0.05, 0.1) is 27.9 Å². The van der Waals surface area contributed by atoms with Crippen LogP contribution in [-0.4, -0.2) is 45.2 Å². The van der Waals surface area contributed by atoms with Gasteiger partial charge in [-0.25, -0.2) is 0 Å². The number of benzene rings is 2. The molecular formula is C19H20ClN3O3. The monoisotopic (exact) mass is 373 g/mol. The Morgan fingerprint density at radius 2 is 1.77 bits per heavy atom. The summed E-state index contributed by atoms with van der Waals surface area (Å²) >= 11 is 6.20. The van der Waals surface area contributed by atoms with Crippen molar-refractivity contribution in [3.8, 4) is 17.2 Å². The quantitative estimate of drug-likeness (QED) is 0.888. The molecule has 136 valence electrons. The van der Waals surface area contributed by atoms with E-state index in [-0.39, 0.29) is 6.17 Å². The third-order valence-electron chi connectivity index (χ3n) is 4.73. The predicted molar refractivity (Wildman–Crippen MR) is 102 cm³/mol. The van der Waals surface area contributed by atoms with Gasteiger partial charge in [-0.2, -0.15) is 0 Å². The second kappa shape index (κ2) is 6.61. The molecule has 0 fully saturated rings. The van der Waals surface area contributed by atoms with E-state index in [1.165, 1.54) is 0 Å². The molecule has 0 saturated carbocycles. The summed E-state index contributed by atoms with van der Waals surface area (Å²) in [7, 11) is 4.89. The maximum atomic E-state index is 6.20. The van der Waals surface area contributed by atoms with Gasteiger partial charge in [-0.15, -0.1) is 0 Å². The molecule has 2 heterocycles. The molecule has 0 aromatic heterocycles. The van der Waals surface area contributed by atoms with E-state index in [0.29, 0.717) is 16.5 Å². The Bertz CT molecular complexity index is 885. The topological polar surface area (TPSA) is 55.3 Å². The van der Waals surface area contributed by atoms with Crippen LogP contribution in [0, 0.1) is 0 Å². The third-order valence-corrected chi connectivity index (χ3v) is 4.97. The SMILES string of the molecule is COc1cc(OC)c([C@H]2Nc3cc(Cl)ccc3C3=NCCN32)cc1OC. The number of hydrogen-bond acceptors (Lipinski definition) is 6. The summed E-state index contributed by atoms with van der Waals surface area (Å²) in [5, 5.41) is 4.26. The summed E-state index contributed by atoms with van der Waals surface area (Å²) in [5.74, 6) is 2.97. The Kier molecular flexibility index (Phi) is 4.28. The molecule has 1 N–H and O–H groups in total. The number of anilines is 1. The minimum Gasteiger partial charge on any atom is -0.496 e. The molecule has 0 bridgehead atoms. The average Bonchev–Trinajstić information content (AvgIpc) is 3.15. The van der Waals surface area contributed by atoms with Crippen LogP contribution in [0.3, 0.4) is 0 Å². The van der Waals surface area contributed by atoms with Gasteiger partial charge >= 0.3 is 0 Å². The number of hydrogen-bond donors (Lipinski definition) is 1. The summed E-state index contributed by atoms with van der Waals surface area (Å²) in [4.78, 5) is 6.94. The summed E-state index contributed by atoms with van der Waals surface area (Å²) in [6.45, 7) is 1.58. The van der Waals surface area contributed by atoms with Gasteiger partial charge in [-0.1, -0.05) is 11.6 Å². The molecule has 6 nitrogen and oxygen atoms in total. The molecule has 0 radical (unpaired) electrons. The van der Waals surface area contributed by atoms with Crippen LogP contribution in [0.15, 0.2) is 35.3 Å². The van der Waals surface area contributed by atoms with Crippen LogP contribution in [0.1, 0.15) is 17.3 Å². The van der Waals surface area contributed by atoms with Gasteiger partial charge in [-0.3, -0.25) is 4.99 Å². The fourth-order valence-electron chi connectivity index (χ4n) is 3.52. The molecule has 0 spiro atoms. The highest BCUT2D eigenvalue weighted by Crippen LogP contribution is 2.43. The first-order valence-corrected chi connectivity index (χ1v) is 8.71. The Hall–Kier alpha value is -2.60. The number of halogens is 1. The minimum atomic E-state index is -0.142. The van der Waals surface area contributed by atoms with Crippen LogP contribution in [0.4, 0.5) is 5.69 Å². The zero-order valence-corrected chi connectivity index (χ0v) is 15.6. The van der Waals surface area contributed by atoms with E-state index in [9.17, 15) is 0 Å². The highest BCUT2D eigenvalue weighted by molar-refractivity contribution is 6.31. The van der Waals surface area contributed by atoms with E-state index in [2.05, 4.69) is 10.2 Å². The first-order valence-electron chi connectivity index (χ1n) is 8.33. The van der Waals surface area contributed by atoms with Crippen molar-refractivity contribution in [1.82, 2.24) is 4.90 Å². The standard InChI is InChI=1S/C19H20ClN3O3/c1-24-15-10-17(26-3)16(25-2)9-13(15)19-22-14-8-11(20)4-5-12(14)18-21-6-7-23(18)19/h4-5,8-10,19,22H,6-7H2,1-3H3/t19-/m0/s1. The lowest BCUT2D eigenvalue weighted by molar-refractivity contribution is 0.330. The number of nitrogens with one attached hydrogen (secondary N) is 1. The maximum absolute atomic E-state index is 6.20. The van der Waals surface area contributed by atoms with E-state index >= 15 is 0 Å². The highest BCUT2D eigenvalue weighted by atomic mass is 35.5. The summed E-state index contributed by atoms with van der Waals surface area (Å²) in [5.41, 5.74) is 2.96. The first kappa shape index (κ1) is 16.8. The zero-order chi connectivity index (χ0) is 18.3. The fraction of sp³-hybridized carbons (Fsp3) is 0.316. The van der Waals surface area contributed by atoms with Crippen LogP contribution in [0.5, 0.6) is 17.2 Å². The van der Waals surface area contributed by atoms with Crippen LogP contribution < -0.4 is 19.5 Å². The molecule has 2 aliphatic heterocycles. The van der Waals surface area contributed by atoms with Gasteiger partial charge in [0.25, 0.3) is 0 Å². The largest absolute Gasteiger partial charge is 0.496 e. The average molecular weight is 374 g/mol. The van der Waals surface area contributed by atoms with E-state index in [0.717, 1.165) is 41.5 Å². The van der Waals surface area contributed by atoms with Crippen LogP contribution in [0.25, 0.3) is 0 Å². The van der Waals surface area contributed by atoms with Gasteiger partial charge in [0, 0.05) is 34.4 Å². The van der Waals surface area contributed by atoms with Crippen molar-refractivity contribution < 1.29 is 14.2 Å². The first-order chi connectivity index (χ1) is 12.7. The van der Waals surface area contributed by atoms with Crippen molar-refractivity contribution >= 4 is 23.1 Å². The van der Waals surface area contributed by atoms with E-state index in [1.54, 1.807) is 21.3 Å². The molecular weight excluding hydrogens is 354 g/mol. The molecule has 2 aliphatic rings. The molecule has 0 unspecified atom stereocenters. The smallest absolute Gasteiger partial charge is 0.164 e. The second-order valence-electron chi connectivity index (χ2n) is 6.08. The number of fused-ring (bicyclic) bond motifs is 3. The zero-order valence-electron chi connectivity index (χ0n) is 14.9. The lowest BCUT2D eigenvalue weighted by atomic mass is 10.0. The van der Waals surface area contributed by atoms with E-state index in [1.807, 2.05) is 30.3 Å². The second-order valence-corrected chi connectivity index (χ2v) is 6.52. The van der Waals surface area contributed by atoms with Crippen molar-refractivity contribution in [1.29, 1.82) is 0 Å². The van der Waals surface area contributed by atoms with Crippen molar-refractivity contribution in [3.63, 3.8) is 0 Å². The minimum absolute atomic E-state index is 0.142. The third kappa shape index (κ3) is 2.61. The lowest BCUT2D eigenvalue weighted by Gasteiger charge is -2.38. The fourth-order valence-corrected chi connectivity index (χ4v) is 3.69. The number of methoxy groups -OCH3 is 3. The molecule has 4 rings (SSSR count). The van der Waals surface area contributed by atoms with Gasteiger partial charge in [0.2, 0.25) is 0 Å². The van der Waals surface area contributed by atoms with Crippen molar-refractivity contribution in [3.05, 3.63) is 46.5 Å². The van der Waals surface area contributed by atoms with Gasteiger partial charge in [0.15, 0.2) is 11.5 Å². The molecule has 0 saturated heterocycles. The van der Waals surface area contributed by atoms with Gasteiger partial charge in [-0.05, 0) is 24.3 Å². The summed E-state index contributed by atoms with van der Waals surface area (Å²) in [6, 6.07) is 9.61. The molecule has 7 heteroatoms. The number of ether oxygens (including phenoxy) is 3. The molecule has 2 aromatic carbocycles. The molecule has 1 atom stereocenters. The number of amidine groups is 1. The molecule has 2 aromatic rings. The van der Waals surface area contributed by atoms with E-state index < -0.39 is 0 Å². The lowest BCUT2D eigenvalue weighted by Crippen LogP contribution is -2.41. The van der Waals surface area contributed by atoms with Gasteiger partial charge < -0.3 is 24.4 Å². The molecule has 26 heavy (non-hydrogen) atoms. The predicted octanol–water partition coefficient (Wildman–Crippen LogP) is 3.55. The maximum Gasteiger partial charge on any atom is 0.164 e. The molecule has 0 amide bonds. The van der Waals surface area contributed by atoms with Gasteiger partial charge in [0.1, 0.15) is 17.8 Å². The van der Waals surface area contributed by atoms with Crippen LogP contribution in [-0.2, 0) is 0 Å². The number of nitrogens with zero attached hydrogens (tertiary/aromatic N) is 2. The molecule has 0 aliphatic carbocycles. The number of rotatable bonds is 4. The summed E-state index contributed by atoms with van der Waals surface area (Å²) in [6.07, 6.45) is -0.142. The van der Waals surface area contributed by atoms with Crippen molar-refractivity contribution in [2.75, 3.05) is 39.7 Å².